The van der Waals surface area contributed by atoms with Crippen molar-refractivity contribution in [3.8, 4) is 0 Å². The van der Waals surface area contributed by atoms with Crippen molar-refractivity contribution in [2.45, 2.75) is 57.7 Å². The Morgan fingerprint density at radius 1 is 1.26 bits per heavy atom. The van der Waals surface area contributed by atoms with E-state index in [2.05, 4.69) is 15.1 Å². The van der Waals surface area contributed by atoms with Gasteiger partial charge in [0.2, 0.25) is 11.8 Å². The summed E-state index contributed by atoms with van der Waals surface area (Å²) in [6.45, 7) is 5.79. The van der Waals surface area contributed by atoms with Gasteiger partial charge in [0, 0.05) is 12.0 Å². The van der Waals surface area contributed by atoms with Gasteiger partial charge < -0.3 is 9.52 Å². The second kappa shape index (κ2) is 7.23. The summed E-state index contributed by atoms with van der Waals surface area (Å²) < 4.78 is 5.72. The van der Waals surface area contributed by atoms with Crippen molar-refractivity contribution < 1.29 is 9.52 Å². The van der Waals surface area contributed by atoms with Gasteiger partial charge in [0.25, 0.3) is 0 Å². The average molecular weight is 315 g/mol. The number of nitrogens with zero attached hydrogens (tertiary/aromatic N) is 3. The Hall–Kier alpha value is -1.72. The monoisotopic (exact) mass is 315 g/mol. The predicted octanol–water partition coefficient (Wildman–Crippen LogP) is 3.28. The molecular formula is C18H25N3O2. The zero-order chi connectivity index (χ0) is 16.2. The van der Waals surface area contributed by atoms with Crippen molar-refractivity contribution in [1.82, 2.24) is 15.1 Å². The van der Waals surface area contributed by atoms with Gasteiger partial charge in [-0.2, -0.15) is 0 Å². The van der Waals surface area contributed by atoms with E-state index in [9.17, 15) is 5.11 Å². The summed E-state index contributed by atoms with van der Waals surface area (Å²) in [5.41, 5.74) is 0.985. The van der Waals surface area contributed by atoms with E-state index >= 15 is 0 Å². The third-order valence-corrected chi connectivity index (χ3v) is 4.49. The fourth-order valence-corrected chi connectivity index (χ4v) is 3.18. The fraction of sp³-hybridized carbons (Fsp3) is 0.556. The van der Waals surface area contributed by atoms with Crippen LogP contribution in [0.25, 0.3) is 0 Å². The first-order valence-corrected chi connectivity index (χ1v) is 8.43. The third-order valence-electron chi connectivity index (χ3n) is 4.49. The minimum atomic E-state index is -0.421. The Labute approximate surface area is 137 Å². The number of hydrogen-bond donors (Lipinski definition) is 1. The number of rotatable bonds is 6. The van der Waals surface area contributed by atoms with Crippen molar-refractivity contribution in [1.29, 1.82) is 0 Å². The normalized spacial score (nSPS) is 20.3. The first-order valence-electron chi connectivity index (χ1n) is 8.43. The van der Waals surface area contributed by atoms with E-state index in [1.54, 1.807) is 0 Å². The molecule has 3 rings (SSSR count). The first-order chi connectivity index (χ1) is 11.1. The average Bonchev–Trinajstić information content (AvgIpc) is 3.19. The van der Waals surface area contributed by atoms with Gasteiger partial charge in [-0.15, -0.1) is 10.2 Å². The summed E-state index contributed by atoms with van der Waals surface area (Å²) in [6, 6.07) is 10.2. The second-order valence-corrected chi connectivity index (χ2v) is 6.62. The van der Waals surface area contributed by atoms with Crippen LogP contribution in [0.4, 0.5) is 0 Å². The molecule has 1 aliphatic rings. The molecular weight excluding hydrogens is 290 g/mol. The van der Waals surface area contributed by atoms with Crippen LogP contribution in [-0.4, -0.2) is 32.8 Å². The van der Waals surface area contributed by atoms with Gasteiger partial charge >= 0.3 is 0 Å². The number of benzene rings is 1. The van der Waals surface area contributed by atoms with Crippen LogP contribution < -0.4 is 0 Å². The fourth-order valence-electron chi connectivity index (χ4n) is 3.18. The molecule has 2 aromatic rings. The molecule has 1 N–H and O–H groups in total. The molecule has 124 valence electrons. The van der Waals surface area contributed by atoms with E-state index in [0.29, 0.717) is 24.4 Å². The van der Waals surface area contributed by atoms with Crippen molar-refractivity contribution in [2.24, 2.45) is 0 Å². The van der Waals surface area contributed by atoms with Gasteiger partial charge in [0.05, 0.1) is 12.6 Å². The highest BCUT2D eigenvalue weighted by atomic mass is 16.4. The van der Waals surface area contributed by atoms with E-state index in [0.717, 1.165) is 31.4 Å². The summed E-state index contributed by atoms with van der Waals surface area (Å²) in [5, 5.41) is 18.7. The number of aromatic nitrogens is 2. The van der Waals surface area contributed by atoms with Crippen molar-refractivity contribution in [3.05, 3.63) is 47.7 Å². The third kappa shape index (κ3) is 3.98. The highest BCUT2D eigenvalue weighted by Gasteiger charge is 2.28. The summed E-state index contributed by atoms with van der Waals surface area (Å²) in [6.07, 6.45) is 2.58. The Bertz CT molecular complexity index is 612. The van der Waals surface area contributed by atoms with Gasteiger partial charge in [-0.1, -0.05) is 44.2 Å². The summed E-state index contributed by atoms with van der Waals surface area (Å²) in [5.74, 6) is 1.63. The molecule has 23 heavy (non-hydrogen) atoms. The van der Waals surface area contributed by atoms with E-state index in [1.165, 1.54) is 0 Å². The minimum absolute atomic E-state index is 0.255. The molecule has 1 aliphatic heterocycles. The van der Waals surface area contributed by atoms with E-state index in [1.807, 2.05) is 44.2 Å². The van der Waals surface area contributed by atoms with Crippen LogP contribution in [0.5, 0.6) is 0 Å². The summed E-state index contributed by atoms with van der Waals surface area (Å²) >= 11 is 0. The molecule has 1 aromatic heterocycles. The van der Waals surface area contributed by atoms with Crippen LogP contribution in [0.2, 0.25) is 0 Å². The molecule has 2 heterocycles. The van der Waals surface area contributed by atoms with Crippen molar-refractivity contribution in [2.75, 3.05) is 6.54 Å². The highest BCUT2D eigenvalue weighted by Crippen LogP contribution is 2.28. The van der Waals surface area contributed by atoms with Gasteiger partial charge in [0.1, 0.15) is 0 Å². The number of hydrogen-bond acceptors (Lipinski definition) is 5. The molecule has 0 amide bonds. The van der Waals surface area contributed by atoms with Crippen molar-refractivity contribution in [3.63, 3.8) is 0 Å². The van der Waals surface area contributed by atoms with Crippen LogP contribution in [-0.2, 0) is 6.54 Å². The minimum Gasteiger partial charge on any atom is -0.424 e. The largest absolute Gasteiger partial charge is 0.424 e. The number of likely N-dealkylation sites (tertiary alicyclic amines) is 1. The highest BCUT2D eigenvalue weighted by molar-refractivity contribution is 5.17. The van der Waals surface area contributed by atoms with Crippen LogP contribution in [0.15, 0.2) is 34.7 Å². The zero-order valence-corrected chi connectivity index (χ0v) is 13.9. The summed E-state index contributed by atoms with van der Waals surface area (Å²) in [7, 11) is 0. The lowest BCUT2D eigenvalue weighted by Gasteiger charge is -2.25. The van der Waals surface area contributed by atoms with Crippen LogP contribution in [0, 0.1) is 0 Å². The molecule has 0 spiro atoms. The van der Waals surface area contributed by atoms with E-state index < -0.39 is 6.10 Å². The van der Waals surface area contributed by atoms with Crippen LogP contribution in [0.3, 0.4) is 0 Å². The lowest BCUT2D eigenvalue weighted by Crippen LogP contribution is -2.30. The Morgan fingerprint density at radius 2 is 2.04 bits per heavy atom. The van der Waals surface area contributed by atoms with E-state index in [4.69, 9.17) is 4.42 Å². The lowest BCUT2D eigenvalue weighted by molar-refractivity contribution is 0.113. The van der Waals surface area contributed by atoms with Crippen LogP contribution >= 0.6 is 0 Å². The number of aliphatic hydroxyl groups is 1. The molecule has 1 saturated heterocycles. The quantitative estimate of drug-likeness (QED) is 0.886. The Kier molecular flexibility index (Phi) is 5.08. The molecule has 5 heteroatoms. The first kappa shape index (κ1) is 16.1. The standard InChI is InChI=1S/C18H25N3O2/c1-13(2)18-20-19-17(23-18)12-21-10-6-9-15(21)11-16(22)14-7-4-3-5-8-14/h3-5,7-8,13,15-16,22H,6,9-12H2,1-2H3/t15-,16+/m1/s1. The molecule has 2 atom stereocenters. The second-order valence-electron chi connectivity index (χ2n) is 6.62. The molecule has 0 bridgehead atoms. The summed E-state index contributed by atoms with van der Waals surface area (Å²) in [4.78, 5) is 2.35. The smallest absolute Gasteiger partial charge is 0.230 e. The maximum Gasteiger partial charge on any atom is 0.230 e. The van der Waals surface area contributed by atoms with Gasteiger partial charge in [0.15, 0.2) is 0 Å². The molecule has 1 aromatic carbocycles. The molecule has 0 aliphatic carbocycles. The Morgan fingerprint density at radius 3 is 2.74 bits per heavy atom. The molecule has 0 radical (unpaired) electrons. The maximum absolute atomic E-state index is 10.5. The van der Waals surface area contributed by atoms with Gasteiger partial charge in [-0.3, -0.25) is 4.90 Å². The lowest BCUT2D eigenvalue weighted by atomic mass is 10.0. The molecule has 5 nitrogen and oxygen atoms in total. The SMILES string of the molecule is CC(C)c1nnc(CN2CCC[C@@H]2C[C@H](O)c2ccccc2)o1. The predicted molar refractivity (Wildman–Crippen MR) is 87.8 cm³/mol. The molecule has 0 unspecified atom stereocenters. The van der Waals surface area contributed by atoms with Gasteiger partial charge in [-0.05, 0) is 31.4 Å². The molecule has 1 fully saturated rings. The Balaban J connectivity index is 1.61. The van der Waals surface area contributed by atoms with Crippen molar-refractivity contribution >= 4 is 0 Å². The van der Waals surface area contributed by atoms with Crippen LogP contribution in [0.1, 0.15) is 62.5 Å². The van der Waals surface area contributed by atoms with Gasteiger partial charge in [-0.25, -0.2) is 0 Å². The maximum atomic E-state index is 10.5. The number of aliphatic hydroxyl groups excluding tert-OH is 1. The zero-order valence-electron chi connectivity index (χ0n) is 13.9. The molecule has 0 saturated carbocycles. The van der Waals surface area contributed by atoms with E-state index in [-0.39, 0.29) is 5.92 Å². The topological polar surface area (TPSA) is 62.4 Å².